The number of hydrogen-bond acceptors (Lipinski definition) is 6. The van der Waals surface area contributed by atoms with Crippen LogP contribution in [0.2, 0.25) is 0 Å². The lowest BCUT2D eigenvalue weighted by molar-refractivity contribution is 0.0526. The number of sulfone groups is 1. The number of anilines is 2. The van der Waals surface area contributed by atoms with E-state index in [1.54, 1.807) is 39.0 Å². The molecule has 1 aromatic rings. The Bertz CT molecular complexity index is 624. The molecular weight excluding hydrogens is 292 g/mol. The molecule has 0 spiro atoms. The molecule has 0 amide bonds. The van der Waals surface area contributed by atoms with Gasteiger partial charge in [-0.1, -0.05) is 0 Å². The summed E-state index contributed by atoms with van der Waals surface area (Å²) in [4.78, 5) is 11.7. The van der Waals surface area contributed by atoms with E-state index in [2.05, 4.69) is 5.32 Å². The van der Waals surface area contributed by atoms with Gasteiger partial charge in [-0.15, -0.1) is 0 Å². The highest BCUT2D eigenvalue weighted by atomic mass is 32.2. The summed E-state index contributed by atoms with van der Waals surface area (Å²) in [6.07, 6.45) is 1.19. The summed E-state index contributed by atoms with van der Waals surface area (Å²) in [6, 6.07) is 4.72. The zero-order valence-electron chi connectivity index (χ0n) is 12.8. The van der Waals surface area contributed by atoms with Crippen molar-refractivity contribution in [1.82, 2.24) is 0 Å². The van der Waals surface area contributed by atoms with E-state index in [1.807, 2.05) is 0 Å². The first-order valence-electron chi connectivity index (χ1n) is 6.58. The number of nitrogens with one attached hydrogen (secondary N) is 1. The molecular formula is C14H22N2O4S. The molecule has 0 saturated heterocycles. The molecule has 7 heteroatoms. The molecule has 0 aliphatic heterocycles. The minimum absolute atomic E-state index is 0.183. The second kappa shape index (κ2) is 6.34. The highest BCUT2D eigenvalue weighted by Gasteiger charge is 2.30. The SMILES string of the molecule is CCOC(=O)c1ccc(N)c(NCC(C)(C)S(C)(=O)=O)c1. The lowest BCUT2D eigenvalue weighted by atomic mass is 10.1. The van der Waals surface area contributed by atoms with Gasteiger partial charge in [0.05, 0.1) is 28.3 Å². The van der Waals surface area contributed by atoms with Crippen molar-refractivity contribution in [1.29, 1.82) is 0 Å². The average molecular weight is 314 g/mol. The third kappa shape index (κ3) is 4.35. The molecule has 21 heavy (non-hydrogen) atoms. The maximum absolute atomic E-state index is 11.7. The summed E-state index contributed by atoms with van der Waals surface area (Å²) < 4.78 is 27.3. The number of rotatable bonds is 6. The molecule has 0 radical (unpaired) electrons. The Hall–Kier alpha value is -1.76. The fraction of sp³-hybridized carbons (Fsp3) is 0.500. The Morgan fingerprint density at radius 1 is 1.38 bits per heavy atom. The molecule has 0 heterocycles. The fourth-order valence-corrected chi connectivity index (χ4v) is 1.82. The normalized spacial score (nSPS) is 12.0. The minimum atomic E-state index is -3.22. The molecule has 6 nitrogen and oxygen atoms in total. The summed E-state index contributed by atoms with van der Waals surface area (Å²) >= 11 is 0. The molecule has 0 saturated carbocycles. The van der Waals surface area contributed by atoms with Gasteiger partial charge in [0.15, 0.2) is 9.84 Å². The first kappa shape index (κ1) is 17.3. The van der Waals surface area contributed by atoms with Crippen LogP contribution in [-0.2, 0) is 14.6 Å². The number of benzene rings is 1. The van der Waals surface area contributed by atoms with Crippen LogP contribution in [0.15, 0.2) is 18.2 Å². The Morgan fingerprint density at radius 3 is 2.52 bits per heavy atom. The second-order valence-electron chi connectivity index (χ2n) is 5.41. The van der Waals surface area contributed by atoms with Crippen LogP contribution < -0.4 is 11.1 Å². The van der Waals surface area contributed by atoms with Crippen LogP contribution in [0.5, 0.6) is 0 Å². The average Bonchev–Trinajstić information content (AvgIpc) is 2.36. The number of nitrogens with two attached hydrogens (primary N) is 1. The van der Waals surface area contributed by atoms with Gasteiger partial charge in [-0.3, -0.25) is 0 Å². The van der Waals surface area contributed by atoms with E-state index in [9.17, 15) is 13.2 Å². The summed E-state index contributed by atoms with van der Waals surface area (Å²) in [6.45, 7) is 5.44. The van der Waals surface area contributed by atoms with Crippen LogP contribution >= 0.6 is 0 Å². The van der Waals surface area contributed by atoms with Crippen LogP contribution in [0.1, 0.15) is 31.1 Å². The molecule has 118 valence electrons. The van der Waals surface area contributed by atoms with E-state index in [4.69, 9.17) is 10.5 Å². The van der Waals surface area contributed by atoms with Crippen molar-refractivity contribution in [2.24, 2.45) is 0 Å². The van der Waals surface area contributed by atoms with Gasteiger partial charge in [-0.2, -0.15) is 0 Å². The first-order valence-corrected chi connectivity index (χ1v) is 8.47. The molecule has 0 bridgehead atoms. The maximum Gasteiger partial charge on any atom is 0.338 e. The number of nitrogen functional groups attached to an aromatic ring is 1. The summed E-state index contributed by atoms with van der Waals surface area (Å²) in [5.74, 6) is -0.442. The molecule has 0 aliphatic carbocycles. The highest BCUT2D eigenvalue weighted by molar-refractivity contribution is 7.92. The number of hydrogen-bond donors (Lipinski definition) is 2. The predicted molar refractivity (Wildman–Crippen MR) is 84.2 cm³/mol. The van der Waals surface area contributed by atoms with Crippen LogP contribution in [0.4, 0.5) is 11.4 Å². The number of ether oxygens (including phenoxy) is 1. The molecule has 1 rings (SSSR count). The van der Waals surface area contributed by atoms with Gasteiger partial charge < -0.3 is 15.8 Å². The Balaban J connectivity index is 2.94. The minimum Gasteiger partial charge on any atom is -0.462 e. The van der Waals surface area contributed by atoms with Crippen LogP contribution in [-0.4, -0.2) is 38.5 Å². The van der Waals surface area contributed by atoms with E-state index < -0.39 is 20.6 Å². The Morgan fingerprint density at radius 2 is 2.00 bits per heavy atom. The molecule has 0 unspecified atom stereocenters. The largest absolute Gasteiger partial charge is 0.462 e. The topological polar surface area (TPSA) is 98.5 Å². The zero-order valence-corrected chi connectivity index (χ0v) is 13.6. The van der Waals surface area contributed by atoms with Crippen molar-refractivity contribution < 1.29 is 17.9 Å². The second-order valence-corrected chi connectivity index (χ2v) is 8.06. The molecule has 1 aromatic carbocycles. The van der Waals surface area contributed by atoms with Crippen molar-refractivity contribution in [2.45, 2.75) is 25.5 Å². The molecule has 0 aliphatic rings. The van der Waals surface area contributed by atoms with E-state index in [0.717, 1.165) is 0 Å². The monoisotopic (exact) mass is 314 g/mol. The summed E-state index contributed by atoms with van der Waals surface area (Å²) in [7, 11) is -3.22. The van der Waals surface area contributed by atoms with Crippen LogP contribution in [0, 0.1) is 0 Å². The van der Waals surface area contributed by atoms with Gasteiger partial charge >= 0.3 is 5.97 Å². The Labute approximate surface area is 125 Å². The van der Waals surface area contributed by atoms with E-state index in [0.29, 0.717) is 16.9 Å². The van der Waals surface area contributed by atoms with Crippen LogP contribution in [0.25, 0.3) is 0 Å². The maximum atomic E-state index is 11.7. The molecule has 0 atom stereocenters. The van der Waals surface area contributed by atoms with Gasteiger partial charge in [0.2, 0.25) is 0 Å². The van der Waals surface area contributed by atoms with E-state index in [-0.39, 0.29) is 13.2 Å². The third-order valence-corrected chi connectivity index (χ3v) is 5.42. The number of carbonyl (C=O) groups excluding carboxylic acids is 1. The molecule has 3 N–H and O–H groups in total. The van der Waals surface area contributed by atoms with Gasteiger partial charge in [-0.05, 0) is 39.0 Å². The lowest BCUT2D eigenvalue weighted by Crippen LogP contribution is -2.38. The molecule has 0 fully saturated rings. The van der Waals surface area contributed by atoms with Crippen molar-refractivity contribution >= 4 is 27.2 Å². The highest BCUT2D eigenvalue weighted by Crippen LogP contribution is 2.23. The predicted octanol–water partition coefficient (Wildman–Crippen LogP) is 1.68. The van der Waals surface area contributed by atoms with Gasteiger partial charge in [-0.25, -0.2) is 13.2 Å². The van der Waals surface area contributed by atoms with E-state index in [1.165, 1.54) is 6.26 Å². The lowest BCUT2D eigenvalue weighted by Gasteiger charge is -2.24. The number of carbonyl (C=O) groups is 1. The fourth-order valence-electron chi connectivity index (χ4n) is 1.49. The van der Waals surface area contributed by atoms with Crippen molar-refractivity contribution in [3.63, 3.8) is 0 Å². The smallest absolute Gasteiger partial charge is 0.338 e. The number of esters is 1. The quantitative estimate of drug-likeness (QED) is 0.612. The zero-order chi connectivity index (χ0) is 16.3. The standard InChI is InChI=1S/C14H22N2O4S/c1-5-20-13(17)10-6-7-11(15)12(8-10)16-9-14(2,3)21(4,18)19/h6-8,16H,5,9,15H2,1-4H3. The first-order chi connectivity index (χ1) is 9.58. The van der Waals surface area contributed by atoms with E-state index >= 15 is 0 Å². The van der Waals surface area contributed by atoms with Crippen LogP contribution in [0.3, 0.4) is 0 Å². The third-order valence-electron chi connectivity index (χ3n) is 3.27. The van der Waals surface area contributed by atoms with Crippen molar-refractivity contribution in [3.05, 3.63) is 23.8 Å². The molecule has 0 aromatic heterocycles. The van der Waals surface area contributed by atoms with Gasteiger partial charge in [0, 0.05) is 12.8 Å². The summed E-state index contributed by atoms with van der Waals surface area (Å²) in [5, 5.41) is 2.99. The van der Waals surface area contributed by atoms with Gasteiger partial charge in [0.25, 0.3) is 0 Å². The summed E-state index contributed by atoms with van der Waals surface area (Å²) in [5.41, 5.74) is 7.15. The van der Waals surface area contributed by atoms with Gasteiger partial charge in [0.1, 0.15) is 0 Å². The van der Waals surface area contributed by atoms with Crippen molar-refractivity contribution in [3.8, 4) is 0 Å². The van der Waals surface area contributed by atoms with Crippen molar-refractivity contribution in [2.75, 3.05) is 30.5 Å². The Kier molecular flexibility index (Phi) is 5.22.